The van der Waals surface area contributed by atoms with Crippen LogP contribution in [0.1, 0.15) is 11.3 Å². The van der Waals surface area contributed by atoms with Crippen LogP contribution in [-0.2, 0) is 13.0 Å². The van der Waals surface area contributed by atoms with Crippen LogP contribution in [0.25, 0.3) is 11.5 Å². The third-order valence-electron chi connectivity index (χ3n) is 4.46. The molecule has 0 aliphatic rings. The van der Waals surface area contributed by atoms with Gasteiger partial charge in [-0.25, -0.2) is 9.37 Å². The topological polar surface area (TPSA) is 62.9 Å². The number of aromatic nitrogens is 1. The van der Waals surface area contributed by atoms with E-state index in [9.17, 15) is 4.39 Å². The number of ether oxygens (including phenoxy) is 1. The minimum Gasteiger partial charge on any atom is -0.497 e. The number of methoxy groups -OCH3 is 1. The highest BCUT2D eigenvalue weighted by Crippen LogP contribution is 2.19. The number of nitrogens with one attached hydrogen (secondary N) is 1. The first-order valence-corrected chi connectivity index (χ1v) is 9.34. The maximum absolute atomic E-state index is 13.0. The number of halogens is 1. The summed E-state index contributed by atoms with van der Waals surface area (Å²) in [6.45, 7) is 1.39. The third-order valence-corrected chi connectivity index (χ3v) is 4.46. The normalized spacial score (nSPS) is 11.4. The van der Waals surface area contributed by atoms with Crippen LogP contribution in [-0.4, -0.2) is 43.6 Å². The number of benzene rings is 2. The molecule has 0 saturated carbocycles. The molecular weight excluding hydrogens is 371 g/mol. The van der Waals surface area contributed by atoms with Gasteiger partial charge in [-0.3, -0.25) is 4.99 Å². The summed E-state index contributed by atoms with van der Waals surface area (Å²) in [6.07, 6.45) is 2.31. The summed E-state index contributed by atoms with van der Waals surface area (Å²) in [4.78, 5) is 10.9. The van der Waals surface area contributed by atoms with Gasteiger partial charge in [-0.2, -0.15) is 0 Å². The van der Waals surface area contributed by atoms with Gasteiger partial charge in [-0.15, -0.1) is 0 Å². The van der Waals surface area contributed by atoms with E-state index in [2.05, 4.69) is 20.2 Å². The van der Waals surface area contributed by atoms with Crippen LogP contribution in [0, 0.1) is 5.82 Å². The van der Waals surface area contributed by atoms with Crippen LogP contribution in [0.3, 0.4) is 0 Å². The summed E-state index contributed by atoms with van der Waals surface area (Å²) in [5.74, 6) is 1.84. The summed E-state index contributed by atoms with van der Waals surface area (Å²) in [5, 5.41) is 3.34. The number of guanidine groups is 1. The smallest absolute Gasteiger partial charge is 0.226 e. The van der Waals surface area contributed by atoms with Gasteiger partial charge >= 0.3 is 0 Å². The summed E-state index contributed by atoms with van der Waals surface area (Å²) >= 11 is 0. The summed E-state index contributed by atoms with van der Waals surface area (Å²) in [7, 11) is 5.41. The molecule has 3 aromatic rings. The molecule has 1 aromatic heterocycles. The molecule has 6 nitrogen and oxygen atoms in total. The van der Waals surface area contributed by atoms with Crippen LogP contribution in [0.4, 0.5) is 4.39 Å². The van der Waals surface area contributed by atoms with Crippen molar-refractivity contribution in [2.24, 2.45) is 4.99 Å². The molecule has 1 N–H and O–H groups in total. The molecule has 0 amide bonds. The van der Waals surface area contributed by atoms with Crippen molar-refractivity contribution < 1.29 is 13.5 Å². The standard InChI is InChI=1S/C22H25FN4O2/c1-24-22(27(2)14-16-4-10-20(28-3)11-5-16)25-13-12-19-15-29-21(26-19)17-6-8-18(23)9-7-17/h4-11,15H,12-14H2,1-3H3,(H,24,25). The number of nitrogens with zero attached hydrogens (tertiary/aromatic N) is 3. The van der Waals surface area contributed by atoms with E-state index in [0.717, 1.165) is 35.1 Å². The lowest BCUT2D eigenvalue weighted by Crippen LogP contribution is -2.39. The van der Waals surface area contributed by atoms with Gasteiger partial charge in [-0.05, 0) is 42.0 Å². The number of hydrogen-bond acceptors (Lipinski definition) is 4. The van der Waals surface area contributed by atoms with E-state index in [4.69, 9.17) is 9.15 Å². The molecule has 1 heterocycles. The van der Waals surface area contributed by atoms with E-state index in [0.29, 0.717) is 18.9 Å². The zero-order valence-electron chi connectivity index (χ0n) is 16.9. The molecule has 29 heavy (non-hydrogen) atoms. The van der Waals surface area contributed by atoms with E-state index >= 15 is 0 Å². The molecule has 3 rings (SSSR count). The molecule has 7 heteroatoms. The van der Waals surface area contributed by atoms with Crippen molar-refractivity contribution >= 4 is 5.96 Å². The maximum atomic E-state index is 13.0. The first-order valence-electron chi connectivity index (χ1n) is 9.34. The van der Waals surface area contributed by atoms with Crippen LogP contribution in [0.5, 0.6) is 5.75 Å². The molecule has 0 aliphatic carbocycles. The second-order valence-electron chi connectivity index (χ2n) is 6.58. The first-order chi connectivity index (χ1) is 14.1. The molecule has 0 unspecified atom stereocenters. The Kier molecular flexibility index (Phi) is 6.84. The van der Waals surface area contributed by atoms with E-state index < -0.39 is 0 Å². The Morgan fingerprint density at radius 1 is 1.17 bits per heavy atom. The predicted molar refractivity (Wildman–Crippen MR) is 111 cm³/mol. The zero-order valence-corrected chi connectivity index (χ0v) is 16.9. The van der Waals surface area contributed by atoms with Crippen LogP contribution in [0.2, 0.25) is 0 Å². The summed E-state index contributed by atoms with van der Waals surface area (Å²) in [5.41, 5.74) is 2.74. The lowest BCUT2D eigenvalue weighted by Gasteiger charge is -2.22. The second-order valence-corrected chi connectivity index (χ2v) is 6.58. The van der Waals surface area contributed by atoms with Gasteiger partial charge in [0.25, 0.3) is 0 Å². The Morgan fingerprint density at radius 3 is 2.55 bits per heavy atom. The van der Waals surface area contributed by atoms with Crippen LogP contribution in [0.15, 0.2) is 64.2 Å². The highest BCUT2D eigenvalue weighted by molar-refractivity contribution is 5.79. The third kappa shape index (κ3) is 5.57. The largest absolute Gasteiger partial charge is 0.497 e. The van der Waals surface area contributed by atoms with Crippen LogP contribution < -0.4 is 10.1 Å². The summed E-state index contributed by atoms with van der Waals surface area (Å²) < 4.78 is 23.7. The Bertz CT molecular complexity index is 936. The molecule has 0 saturated heterocycles. The van der Waals surface area contributed by atoms with Crippen molar-refractivity contribution in [3.8, 4) is 17.2 Å². The van der Waals surface area contributed by atoms with E-state index in [1.807, 2.05) is 31.3 Å². The fourth-order valence-electron chi connectivity index (χ4n) is 2.91. The molecular formula is C22H25FN4O2. The SMILES string of the molecule is CN=C(NCCc1coc(-c2ccc(F)cc2)n1)N(C)Cc1ccc(OC)cc1. The molecule has 0 aliphatic heterocycles. The lowest BCUT2D eigenvalue weighted by atomic mass is 10.2. The number of oxazole rings is 1. The Labute approximate surface area is 170 Å². The van der Waals surface area contributed by atoms with E-state index in [-0.39, 0.29) is 5.82 Å². The predicted octanol–water partition coefficient (Wildman–Crippen LogP) is 3.74. The maximum Gasteiger partial charge on any atom is 0.226 e. The van der Waals surface area contributed by atoms with Gasteiger partial charge in [0.15, 0.2) is 5.96 Å². The minimum absolute atomic E-state index is 0.283. The van der Waals surface area contributed by atoms with Crippen molar-refractivity contribution in [1.29, 1.82) is 0 Å². The Balaban J connectivity index is 1.51. The van der Waals surface area contributed by atoms with Gasteiger partial charge < -0.3 is 19.4 Å². The lowest BCUT2D eigenvalue weighted by molar-refractivity contribution is 0.414. The second kappa shape index (κ2) is 9.73. The van der Waals surface area contributed by atoms with E-state index in [1.54, 1.807) is 32.6 Å². The molecule has 0 atom stereocenters. The molecule has 152 valence electrons. The first kappa shape index (κ1) is 20.4. The van der Waals surface area contributed by atoms with Gasteiger partial charge in [0, 0.05) is 39.2 Å². The molecule has 2 aromatic carbocycles. The average molecular weight is 396 g/mol. The van der Waals surface area contributed by atoms with Crippen molar-refractivity contribution in [3.05, 3.63) is 71.9 Å². The Morgan fingerprint density at radius 2 is 1.90 bits per heavy atom. The van der Waals surface area contributed by atoms with Crippen molar-refractivity contribution in [2.75, 3.05) is 27.7 Å². The summed E-state index contributed by atoms with van der Waals surface area (Å²) in [6, 6.07) is 14.1. The molecule has 0 fully saturated rings. The fourth-order valence-corrected chi connectivity index (χ4v) is 2.91. The number of aliphatic imine (C=N–C) groups is 1. The fraction of sp³-hybridized carbons (Fsp3) is 0.273. The van der Waals surface area contributed by atoms with Gasteiger partial charge in [0.1, 0.15) is 17.8 Å². The Hall–Kier alpha value is -3.35. The number of rotatable bonds is 7. The van der Waals surface area contributed by atoms with Crippen LogP contribution >= 0.6 is 0 Å². The molecule has 0 bridgehead atoms. The van der Waals surface area contributed by atoms with E-state index in [1.165, 1.54) is 12.1 Å². The monoisotopic (exact) mass is 396 g/mol. The average Bonchev–Trinajstić information content (AvgIpc) is 3.21. The highest BCUT2D eigenvalue weighted by atomic mass is 19.1. The van der Waals surface area contributed by atoms with Crippen molar-refractivity contribution in [1.82, 2.24) is 15.2 Å². The quantitative estimate of drug-likeness (QED) is 0.487. The van der Waals surface area contributed by atoms with Crippen molar-refractivity contribution in [2.45, 2.75) is 13.0 Å². The zero-order chi connectivity index (χ0) is 20.6. The van der Waals surface area contributed by atoms with Gasteiger partial charge in [-0.1, -0.05) is 12.1 Å². The molecule has 0 spiro atoms. The minimum atomic E-state index is -0.283. The van der Waals surface area contributed by atoms with Gasteiger partial charge in [0.05, 0.1) is 12.8 Å². The highest BCUT2D eigenvalue weighted by Gasteiger charge is 2.09. The number of hydrogen-bond donors (Lipinski definition) is 1. The van der Waals surface area contributed by atoms with Gasteiger partial charge in [0.2, 0.25) is 5.89 Å². The molecule has 0 radical (unpaired) electrons. The van der Waals surface area contributed by atoms with Crippen molar-refractivity contribution in [3.63, 3.8) is 0 Å².